The summed E-state index contributed by atoms with van der Waals surface area (Å²) in [5.74, 6) is 0.244. The molecule has 1 nitrogen and oxygen atoms in total. The van der Waals surface area contributed by atoms with E-state index in [1.54, 1.807) is 0 Å². The van der Waals surface area contributed by atoms with Crippen LogP contribution in [0.5, 0.6) is 0 Å². The van der Waals surface area contributed by atoms with E-state index < -0.39 is 0 Å². The summed E-state index contributed by atoms with van der Waals surface area (Å²) in [5, 5.41) is 8.88. The predicted molar refractivity (Wildman–Crippen MR) is 45.4 cm³/mol. The van der Waals surface area contributed by atoms with Crippen molar-refractivity contribution in [2.24, 2.45) is 5.92 Å². The van der Waals surface area contributed by atoms with Crippen molar-refractivity contribution in [3.05, 3.63) is 0 Å². The zero-order chi connectivity index (χ0) is 7.98. The van der Waals surface area contributed by atoms with Crippen LogP contribution in [0.1, 0.15) is 33.1 Å². The third-order valence-corrected chi connectivity index (χ3v) is 2.39. The summed E-state index contributed by atoms with van der Waals surface area (Å²) in [6.45, 7) is 4.33. The first-order chi connectivity index (χ1) is 4.72. The Hall–Kier alpha value is 0.250. The van der Waals surface area contributed by atoms with Crippen molar-refractivity contribution in [1.29, 1.82) is 0 Å². The number of rotatable bonds is 5. The van der Waals surface area contributed by atoms with Gasteiger partial charge in [0, 0.05) is 12.0 Å². The normalized spacial score (nSPS) is 16.8. The average Bonchev–Trinajstić information content (AvgIpc) is 1.98. The maximum atomic E-state index is 8.72. The molecule has 2 heteroatoms. The van der Waals surface area contributed by atoms with Crippen LogP contribution in [0.25, 0.3) is 0 Å². The highest BCUT2D eigenvalue weighted by molar-refractivity contribution is 6.20. The van der Waals surface area contributed by atoms with Crippen LogP contribution in [0.4, 0.5) is 0 Å². The molecule has 0 aromatic rings. The maximum absolute atomic E-state index is 8.72. The molecule has 0 fully saturated rings. The molecule has 0 unspecified atom stereocenters. The molecule has 0 saturated heterocycles. The quantitative estimate of drug-likeness (QED) is 0.619. The van der Waals surface area contributed by atoms with Gasteiger partial charge in [0.2, 0.25) is 0 Å². The Labute approximate surface area is 68.4 Å². The second kappa shape index (κ2) is 5.99. The van der Waals surface area contributed by atoms with Gasteiger partial charge in [-0.2, -0.15) is 0 Å². The Bertz CT molecular complexity index is 75.7. The minimum absolute atomic E-state index is 0.157. The molecule has 62 valence electrons. The van der Waals surface area contributed by atoms with Crippen molar-refractivity contribution in [3.8, 4) is 0 Å². The van der Waals surface area contributed by atoms with Crippen LogP contribution in [0, 0.1) is 5.92 Å². The lowest BCUT2D eigenvalue weighted by Gasteiger charge is -2.14. The van der Waals surface area contributed by atoms with E-state index in [-0.39, 0.29) is 17.9 Å². The summed E-state index contributed by atoms with van der Waals surface area (Å²) in [6, 6.07) is 0. The van der Waals surface area contributed by atoms with Crippen molar-refractivity contribution < 1.29 is 5.11 Å². The second-order valence-electron chi connectivity index (χ2n) is 2.82. The smallest absolute Gasteiger partial charge is 0.0470 e. The van der Waals surface area contributed by atoms with Gasteiger partial charge in [0.1, 0.15) is 0 Å². The summed E-state index contributed by atoms with van der Waals surface area (Å²) in [5.41, 5.74) is 0. The van der Waals surface area contributed by atoms with Crippen LogP contribution < -0.4 is 0 Å². The minimum Gasteiger partial charge on any atom is -0.396 e. The van der Waals surface area contributed by atoms with Gasteiger partial charge in [-0.1, -0.05) is 26.7 Å². The summed E-state index contributed by atoms with van der Waals surface area (Å²) in [6.07, 6.45) is 3.37. The predicted octanol–water partition coefficient (Wildman–Crippen LogP) is 2.41. The number of hydrogen-bond acceptors (Lipinski definition) is 1. The molecule has 0 rings (SSSR count). The zero-order valence-corrected chi connectivity index (χ0v) is 7.56. The zero-order valence-electron chi connectivity index (χ0n) is 6.81. The monoisotopic (exact) mass is 164 g/mol. The molecular weight excluding hydrogens is 148 g/mol. The summed E-state index contributed by atoms with van der Waals surface area (Å²) in [4.78, 5) is 0. The van der Waals surface area contributed by atoms with Crippen LogP contribution in [0.15, 0.2) is 0 Å². The molecule has 0 heterocycles. The topological polar surface area (TPSA) is 20.2 Å². The van der Waals surface area contributed by atoms with Gasteiger partial charge in [0.15, 0.2) is 0 Å². The molecule has 0 bridgehead atoms. The van der Waals surface area contributed by atoms with Gasteiger partial charge in [0.05, 0.1) is 0 Å². The lowest BCUT2D eigenvalue weighted by Crippen LogP contribution is -2.14. The van der Waals surface area contributed by atoms with Crippen LogP contribution >= 0.6 is 11.6 Å². The molecule has 0 aliphatic rings. The van der Waals surface area contributed by atoms with Gasteiger partial charge in [-0.25, -0.2) is 0 Å². The summed E-state index contributed by atoms with van der Waals surface area (Å²) in [7, 11) is 0. The Balaban J connectivity index is 3.31. The first-order valence-electron chi connectivity index (χ1n) is 3.97. The standard InChI is InChI=1S/C8H17ClO/c1-3-4-5-8(9)7(2)6-10/h7-8,10H,3-6H2,1-2H3/t7-,8+/m0/s1. The number of hydrogen-bond donors (Lipinski definition) is 1. The maximum Gasteiger partial charge on any atom is 0.0470 e. The largest absolute Gasteiger partial charge is 0.396 e. The molecule has 1 N–H and O–H groups in total. The number of aliphatic hydroxyl groups excluding tert-OH is 1. The Morgan fingerprint density at radius 2 is 2.10 bits per heavy atom. The molecule has 10 heavy (non-hydrogen) atoms. The van der Waals surface area contributed by atoms with Crippen LogP contribution in [-0.4, -0.2) is 17.1 Å². The lowest BCUT2D eigenvalue weighted by atomic mass is 10.0. The Kier molecular flexibility index (Phi) is 6.14. The molecule has 0 aromatic heterocycles. The lowest BCUT2D eigenvalue weighted by molar-refractivity contribution is 0.230. The highest BCUT2D eigenvalue weighted by Gasteiger charge is 2.11. The van der Waals surface area contributed by atoms with Gasteiger partial charge in [0.25, 0.3) is 0 Å². The molecule has 0 aromatic carbocycles. The van der Waals surface area contributed by atoms with Crippen molar-refractivity contribution in [1.82, 2.24) is 0 Å². The van der Waals surface area contributed by atoms with Crippen LogP contribution in [-0.2, 0) is 0 Å². The van der Waals surface area contributed by atoms with Gasteiger partial charge in [-0.15, -0.1) is 11.6 Å². The number of aliphatic hydroxyl groups is 1. The van der Waals surface area contributed by atoms with E-state index in [0.29, 0.717) is 0 Å². The first-order valence-corrected chi connectivity index (χ1v) is 4.41. The number of unbranched alkanes of at least 4 members (excludes halogenated alkanes) is 1. The highest BCUT2D eigenvalue weighted by Crippen LogP contribution is 2.16. The minimum atomic E-state index is 0.157. The second-order valence-corrected chi connectivity index (χ2v) is 3.38. The van der Waals surface area contributed by atoms with E-state index in [1.165, 1.54) is 12.8 Å². The third kappa shape index (κ3) is 4.13. The van der Waals surface area contributed by atoms with Crippen LogP contribution in [0.2, 0.25) is 0 Å². The fourth-order valence-corrected chi connectivity index (χ4v) is 1.03. The molecule has 0 saturated carbocycles. The first kappa shape index (κ1) is 10.2. The van der Waals surface area contributed by atoms with E-state index in [4.69, 9.17) is 16.7 Å². The van der Waals surface area contributed by atoms with E-state index in [9.17, 15) is 0 Å². The van der Waals surface area contributed by atoms with Gasteiger partial charge in [-0.05, 0) is 12.3 Å². The van der Waals surface area contributed by atoms with Crippen molar-refractivity contribution in [3.63, 3.8) is 0 Å². The van der Waals surface area contributed by atoms with Crippen molar-refractivity contribution in [2.45, 2.75) is 38.5 Å². The SMILES string of the molecule is CCCC[C@@H](Cl)[C@@H](C)CO. The third-order valence-electron chi connectivity index (χ3n) is 1.74. The molecule has 0 amide bonds. The van der Waals surface area contributed by atoms with E-state index in [1.807, 2.05) is 6.92 Å². The summed E-state index contributed by atoms with van der Waals surface area (Å²) >= 11 is 5.95. The van der Waals surface area contributed by atoms with E-state index in [0.717, 1.165) is 6.42 Å². The fraction of sp³-hybridized carbons (Fsp3) is 1.00. The van der Waals surface area contributed by atoms with Gasteiger partial charge >= 0.3 is 0 Å². The van der Waals surface area contributed by atoms with Crippen molar-refractivity contribution in [2.75, 3.05) is 6.61 Å². The van der Waals surface area contributed by atoms with Crippen LogP contribution in [0.3, 0.4) is 0 Å². The molecule has 0 aliphatic carbocycles. The fourth-order valence-electron chi connectivity index (χ4n) is 0.798. The molecule has 2 atom stereocenters. The molecule has 0 spiro atoms. The van der Waals surface area contributed by atoms with Crippen molar-refractivity contribution >= 4 is 11.6 Å². The molecular formula is C8H17ClO. The highest BCUT2D eigenvalue weighted by atomic mass is 35.5. The van der Waals surface area contributed by atoms with E-state index >= 15 is 0 Å². The number of alkyl halides is 1. The Morgan fingerprint density at radius 1 is 1.50 bits per heavy atom. The summed E-state index contributed by atoms with van der Waals surface area (Å²) < 4.78 is 0. The van der Waals surface area contributed by atoms with E-state index in [2.05, 4.69) is 6.92 Å². The van der Waals surface area contributed by atoms with Gasteiger partial charge in [-0.3, -0.25) is 0 Å². The average molecular weight is 165 g/mol. The molecule has 0 radical (unpaired) electrons. The number of halogens is 1. The molecule has 0 aliphatic heterocycles. The Morgan fingerprint density at radius 3 is 2.50 bits per heavy atom. The van der Waals surface area contributed by atoms with Gasteiger partial charge < -0.3 is 5.11 Å².